The quantitative estimate of drug-likeness (QED) is 0.504. The van der Waals surface area contributed by atoms with Gasteiger partial charge in [-0.3, -0.25) is 4.79 Å². The monoisotopic (exact) mass is 587 g/mol. The maximum atomic E-state index is 13.0. The summed E-state index contributed by atoms with van der Waals surface area (Å²) in [5.74, 6) is -0.779. The van der Waals surface area contributed by atoms with Gasteiger partial charge in [-0.25, -0.2) is 21.1 Å². The van der Waals surface area contributed by atoms with E-state index >= 15 is 0 Å². The van der Waals surface area contributed by atoms with Crippen LogP contribution < -0.4 is 5.32 Å². The molecule has 0 atom stereocenters. The number of hydrogen-bond acceptors (Lipinski definition) is 5. The summed E-state index contributed by atoms with van der Waals surface area (Å²) in [5.41, 5.74) is 0.986. The van der Waals surface area contributed by atoms with Crippen LogP contribution in [0.15, 0.2) is 47.4 Å². The molecule has 0 aromatic heterocycles. The summed E-state index contributed by atoms with van der Waals surface area (Å²) in [4.78, 5) is 13.0. The zero-order valence-electron chi connectivity index (χ0n) is 20.4. The standard InChI is InChI=1S/C25H31Cl2N3O5S2/c26-21-6-5-20(24(27)17-21)18-36(32,33)29-15-11-19(12-16-29)25(31)28-22-7-9-23(10-8-22)37(34,35)30-13-3-1-2-4-14-30/h5-10,17,19H,1-4,11-16,18H2,(H,28,31). The largest absolute Gasteiger partial charge is 0.326 e. The second-order valence-corrected chi connectivity index (χ2v) is 14.2. The first-order chi connectivity index (χ1) is 17.6. The van der Waals surface area contributed by atoms with Gasteiger partial charge in [0.2, 0.25) is 26.0 Å². The van der Waals surface area contributed by atoms with Gasteiger partial charge in [-0.05, 0) is 67.6 Å². The molecule has 4 rings (SSSR count). The fraction of sp³-hybridized carbons (Fsp3) is 0.480. The summed E-state index contributed by atoms with van der Waals surface area (Å²) in [6.45, 7) is 1.53. The molecule has 1 N–H and O–H groups in total. The lowest BCUT2D eigenvalue weighted by molar-refractivity contribution is -0.120. The van der Waals surface area contributed by atoms with Crippen molar-refractivity contribution < 1.29 is 21.6 Å². The van der Waals surface area contributed by atoms with Crippen molar-refractivity contribution in [2.24, 2.45) is 5.92 Å². The van der Waals surface area contributed by atoms with Crippen molar-refractivity contribution in [2.75, 3.05) is 31.5 Å². The van der Waals surface area contributed by atoms with Crippen molar-refractivity contribution >= 4 is 54.8 Å². The highest BCUT2D eigenvalue weighted by Gasteiger charge is 2.32. The maximum Gasteiger partial charge on any atom is 0.243 e. The molecule has 0 unspecified atom stereocenters. The molecule has 2 aromatic rings. The first-order valence-electron chi connectivity index (χ1n) is 12.4. The summed E-state index contributed by atoms with van der Waals surface area (Å²) in [5, 5.41) is 3.58. The Morgan fingerprint density at radius 3 is 2.05 bits per heavy atom. The van der Waals surface area contributed by atoms with Gasteiger partial charge >= 0.3 is 0 Å². The van der Waals surface area contributed by atoms with Gasteiger partial charge in [0.05, 0.1) is 10.6 Å². The Labute approximate surface area is 229 Å². The highest BCUT2D eigenvalue weighted by Crippen LogP contribution is 2.27. The first kappa shape index (κ1) is 28.3. The third-order valence-electron chi connectivity index (χ3n) is 6.90. The third-order valence-corrected chi connectivity index (χ3v) is 11.2. The van der Waals surface area contributed by atoms with E-state index in [9.17, 15) is 21.6 Å². The smallest absolute Gasteiger partial charge is 0.243 e. The van der Waals surface area contributed by atoms with E-state index in [1.165, 1.54) is 26.8 Å². The lowest BCUT2D eigenvalue weighted by Crippen LogP contribution is -2.41. The number of anilines is 1. The normalized spacial score (nSPS) is 18.9. The Bertz CT molecular complexity index is 1320. The van der Waals surface area contributed by atoms with E-state index in [0.29, 0.717) is 47.2 Å². The van der Waals surface area contributed by atoms with Crippen LogP contribution in [0.2, 0.25) is 10.0 Å². The summed E-state index contributed by atoms with van der Waals surface area (Å²) < 4.78 is 54.6. The second kappa shape index (κ2) is 12.0. The van der Waals surface area contributed by atoms with Gasteiger partial charge in [0.1, 0.15) is 0 Å². The van der Waals surface area contributed by atoms with Crippen molar-refractivity contribution in [3.8, 4) is 0 Å². The fourth-order valence-electron chi connectivity index (χ4n) is 4.71. The minimum absolute atomic E-state index is 0.207. The van der Waals surface area contributed by atoms with E-state index in [0.717, 1.165) is 25.7 Å². The van der Waals surface area contributed by atoms with Crippen LogP contribution in [0.1, 0.15) is 44.1 Å². The van der Waals surface area contributed by atoms with Crippen molar-refractivity contribution in [1.29, 1.82) is 0 Å². The lowest BCUT2D eigenvalue weighted by Gasteiger charge is -2.30. The number of benzene rings is 2. The van der Waals surface area contributed by atoms with Gasteiger partial charge < -0.3 is 5.32 Å². The van der Waals surface area contributed by atoms with Gasteiger partial charge in [-0.1, -0.05) is 42.1 Å². The molecule has 12 heteroatoms. The highest BCUT2D eigenvalue weighted by atomic mass is 35.5. The van der Waals surface area contributed by atoms with E-state index < -0.39 is 20.0 Å². The molecule has 0 bridgehead atoms. The Kier molecular flexibility index (Phi) is 9.19. The van der Waals surface area contributed by atoms with Crippen molar-refractivity contribution in [3.63, 3.8) is 0 Å². The third kappa shape index (κ3) is 7.04. The van der Waals surface area contributed by atoms with Crippen LogP contribution in [-0.2, 0) is 30.6 Å². The molecule has 2 aromatic carbocycles. The number of nitrogens with zero attached hydrogens (tertiary/aromatic N) is 2. The maximum absolute atomic E-state index is 13.0. The van der Waals surface area contributed by atoms with Gasteiger partial charge in [-0.15, -0.1) is 0 Å². The first-order valence-corrected chi connectivity index (χ1v) is 16.2. The SMILES string of the molecule is O=C(Nc1ccc(S(=O)(=O)N2CCCCCC2)cc1)C1CCN(S(=O)(=O)Cc2ccc(Cl)cc2Cl)CC1. The Hall–Kier alpha value is -1.69. The topological polar surface area (TPSA) is 104 Å². The predicted molar refractivity (Wildman–Crippen MR) is 146 cm³/mol. The number of hydrogen-bond donors (Lipinski definition) is 1. The zero-order valence-corrected chi connectivity index (χ0v) is 23.5. The minimum atomic E-state index is -3.60. The molecular formula is C25H31Cl2N3O5S2. The lowest BCUT2D eigenvalue weighted by atomic mass is 9.97. The summed E-state index contributed by atoms with van der Waals surface area (Å²) in [7, 11) is -7.15. The molecule has 0 aliphatic carbocycles. The summed E-state index contributed by atoms with van der Waals surface area (Å²) in [6, 6.07) is 11.0. The van der Waals surface area contributed by atoms with E-state index in [1.807, 2.05) is 0 Å². The van der Waals surface area contributed by atoms with Crippen LogP contribution in [0.4, 0.5) is 5.69 Å². The number of piperidine rings is 1. The van der Waals surface area contributed by atoms with Crippen LogP contribution >= 0.6 is 23.2 Å². The van der Waals surface area contributed by atoms with Crippen molar-refractivity contribution in [1.82, 2.24) is 8.61 Å². The van der Waals surface area contributed by atoms with Crippen LogP contribution in [0, 0.1) is 5.92 Å². The molecule has 2 aliphatic heterocycles. The Morgan fingerprint density at radius 1 is 0.838 bits per heavy atom. The van der Waals surface area contributed by atoms with E-state index in [1.54, 1.807) is 24.3 Å². The number of rotatable bonds is 7. The number of carbonyl (C=O) groups excluding carboxylic acids is 1. The number of sulfonamides is 2. The molecule has 0 saturated carbocycles. The van der Waals surface area contributed by atoms with E-state index in [-0.39, 0.29) is 35.6 Å². The zero-order chi connectivity index (χ0) is 26.6. The Morgan fingerprint density at radius 2 is 1.46 bits per heavy atom. The number of carbonyl (C=O) groups is 1. The molecule has 202 valence electrons. The van der Waals surface area contributed by atoms with E-state index in [2.05, 4.69) is 5.32 Å². The Balaban J connectivity index is 1.31. The van der Waals surface area contributed by atoms with Crippen LogP contribution in [0.5, 0.6) is 0 Å². The van der Waals surface area contributed by atoms with Gasteiger partial charge in [-0.2, -0.15) is 4.31 Å². The van der Waals surface area contributed by atoms with Gasteiger partial charge in [0.15, 0.2) is 0 Å². The van der Waals surface area contributed by atoms with Crippen molar-refractivity contribution in [2.45, 2.75) is 49.2 Å². The average molecular weight is 589 g/mol. The number of amides is 1. The molecule has 2 heterocycles. The minimum Gasteiger partial charge on any atom is -0.326 e. The number of halogens is 2. The molecule has 2 aliphatic rings. The van der Waals surface area contributed by atoms with Crippen LogP contribution in [0.25, 0.3) is 0 Å². The van der Waals surface area contributed by atoms with Crippen LogP contribution in [-0.4, -0.2) is 57.5 Å². The molecule has 2 fully saturated rings. The molecular weight excluding hydrogens is 557 g/mol. The van der Waals surface area contributed by atoms with E-state index in [4.69, 9.17) is 23.2 Å². The van der Waals surface area contributed by atoms with Gasteiger partial charge in [0, 0.05) is 47.8 Å². The van der Waals surface area contributed by atoms with Gasteiger partial charge in [0.25, 0.3) is 0 Å². The highest BCUT2D eigenvalue weighted by molar-refractivity contribution is 7.89. The van der Waals surface area contributed by atoms with Crippen LogP contribution in [0.3, 0.4) is 0 Å². The molecule has 8 nitrogen and oxygen atoms in total. The number of nitrogens with one attached hydrogen (secondary N) is 1. The molecule has 37 heavy (non-hydrogen) atoms. The summed E-state index contributed by atoms with van der Waals surface area (Å²) >= 11 is 12.0. The molecule has 0 spiro atoms. The predicted octanol–water partition coefficient (Wildman–Crippen LogP) is 4.74. The molecule has 2 saturated heterocycles. The molecule has 1 amide bonds. The molecule has 0 radical (unpaired) electrons. The summed E-state index contributed by atoms with van der Waals surface area (Å²) in [6.07, 6.45) is 4.59. The fourth-order valence-corrected chi connectivity index (χ4v) is 8.37. The average Bonchev–Trinajstić information content (AvgIpc) is 3.17. The van der Waals surface area contributed by atoms with Crippen molar-refractivity contribution in [3.05, 3.63) is 58.1 Å². The second-order valence-electron chi connectivity index (χ2n) is 9.50.